The van der Waals surface area contributed by atoms with Gasteiger partial charge in [0.1, 0.15) is 0 Å². The summed E-state index contributed by atoms with van der Waals surface area (Å²) in [7, 11) is -8.56. The zero-order valence-electron chi connectivity index (χ0n) is 8.94. The van der Waals surface area contributed by atoms with Gasteiger partial charge in [-0.2, -0.15) is 0 Å². The van der Waals surface area contributed by atoms with Gasteiger partial charge in [0.2, 0.25) is 0 Å². The van der Waals surface area contributed by atoms with E-state index in [1.807, 2.05) is 0 Å². The fourth-order valence-corrected chi connectivity index (χ4v) is 3.32. The van der Waals surface area contributed by atoms with Gasteiger partial charge in [0.05, 0.1) is 11.3 Å². The molecule has 0 bridgehead atoms. The molecule has 0 saturated carbocycles. The third-order valence-corrected chi connectivity index (χ3v) is 5.39. The van der Waals surface area contributed by atoms with Crippen LogP contribution in [0.1, 0.15) is 27.2 Å². The molecule has 0 saturated heterocycles. The largest absolute Gasteiger partial charge is 0.328 e. The summed E-state index contributed by atoms with van der Waals surface area (Å²) in [6.45, 7) is 4.54. The van der Waals surface area contributed by atoms with E-state index in [1.165, 1.54) is 6.92 Å². The van der Waals surface area contributed by atoms with Crippen molar-refractivity contribution >= 4 is 15.2 Å². The molecule has 0 aliphatic heterocycles. The molecule has 0 fully saturated rings. The second-order valence-corrected chi connectivity index (χ2v) is 7.98. The van der Waals surface area contributed by atoms with Gasteiger partial charge < -0.3 is 19.6 Å². The Morgan fingerprint density at radius 1 is 0.933 bits per heavy atom. The second kappa shape index (κ2) is 5.09. The lowest BCUT2D eigenvalue weighted by molar-refractivity contribution is 0.326. The van der Waals surface area contributed by atoms with E-state index >= 15 is 0 Å². The molecule has 6 nitrogen and oxygen atoms in total. The van der Waals surface area contributed by atoms with E-state index in [4.69, 9.17) is 19.6 Å². The Morgan fingerprint density at radius 3 is 1.53 bits per heavy atom. The van der Waals surface area contributed by atoms with E-state index in [2.05, 4.69) is 0 Å². The van der Waals surface area contributed by atoms with Gasteiger partial charge in [-0.3, -0.25) is 9.13 Å². The van der Waals surface area contributed by atoms with Crippen LogP contribution in [0.3, 0.4) is 0 Å². The highest BCUT2D eigenvalue weighted by atomic mass is 31.2. The average Bonchev–Trinajstić information content (AvgIpc) is 1.94. The van der Waals surface area contributed by atoms with E-state index in [-0.39, 0.29) is 12.3 Å². The molecule has 2 unspecified atom stereocenters. The van der Waals surface area contributed by atoms with Crippen LogP contribution in [0.15, 0.2) is 0 Å². The molecule has 0 aromatic rings. The van der Waals surface area contributed by atoms with Gasteiger partial charge in [-0.1, -0.05) is 20.8 Å². The highest BCUT2D eigenvalue weighted by Crippen LogP contribution is 2.52. The third-order valence-electron chi connectivity index (χ3n) is 2.36. The minimum atomic E-state index is -4.30. The molecule has 0 heterocycles. The predicted molar refractivity (Wildman–Crippen MR) is 56.8 cm³/mol. The Morgan fingerprint density at radius 2 is 1.33 bits per heavy atom. The van der Waals surface area contributed by atoms with Crippen molar-refractivity contribution in [3.63, 3.8) is 0 Å². The lowest BCUT2D eigenvalue weighted by atomic mass is 10.1. The molecule has 0 aromatic heterocycles. The van der Waals surface area contributed by atoms with Crippen LogP contribution in [0.25, 0.3) is 0 Å². The van der Waals surface area contributed by atoms with Gasteiger partial charge in [-0.15, -0.1) is 0 Å². The van der Waals surface area contributed by atoms with Gasteiger partial charge in [0.25, 0.3) is 0 Å². The Labute approximate surface area is 89.0 Å². The minimum Gasteiger partial charge on any atom is -0.324 e. The lowest BCUT2D eigenvalue weighted by Gasteiger charge is -2.25. The van der Waals surface area contributed by atoms with Crippen LogP contribution >= 0.6 is 15.2 Å². The molecular formula is C7H18O6P2. The van der Waals surface area contributed by atoms with Crippen LogP contribution < -0.4 is 0 Å². The molecule has 0 amide bonds. The molecule has 0 rings (SSSR count). The van der Waals surface area contributed by atoms with E-state index in [0.29, 0.717) is 0 Å². The van der Waals surface area contributed by atoms with Gasteiger partial charge >= 0.3 is 15.2 Å². The van der Waals surface area contributed by atoms with Crippen molar-refractivity contribution in [2.24, 2.45) is 5.92 Å². The zero-order valence-corrected chi connectivity index (χ0v) is 10.7. The fourth-order valence-electron chi connectivity index (χ4n) is 1.28. The maximum absolute atomic E-state index is 11.1. The third kappa shape index (κ3) is 5.25. The summed E-state index contributed by atoms with van der Waals surface area (Å²) in [4.78, 5) is 35.7. The molecule has 0 aliphatic carbocycles. The van der Waals surface area contributed by atoms with Crippen molar-refractivity contribution in [3.8, 4) is 0 Å². The summed E-state index contributed by atoms with van der Waals surface area (Å²) in [5, 5.41) is 0. The Hall–Kier alpha value is 0.300. The smallest absolute Gasteiger partial charge is 0.324 e. The Balaban J connectivity index is 4.73. The first kappa shape index (κ1) is 15.3. The Bertz CT molecular complexity index is 290. The minimum absolute atomic E-state index is 0.174. The van der Waals surface area contributed by atoms with Crippen molar-refractivity contribution in [1.29, 1.82) is 0 Å². The molecule has 4 N–H and O–H groups in total. The first-order valence-corrected chi connectivity index (χ1v) is 7.93. The number of rotatable bonds is 5. The molecule has 2 atom stereocenters. The average molecular weight is 260 g/mol. The fraction of sp³-hybridized carbons (Fsp3) is 1.00. The van der Waals surface area contributed by atoms with Crippen LogP contribution in [0.5, 0.6) is 0 Å². The highest BCUT2D eigenvalue weighted by Gasteiger charge is 2.37. The normalized spacial score (nSPS) is 17.9. The zero-order chi connectivity index (χ0) is 12.4. The number of hydrogen-bond acceptors (Lipinski definition) is 2. The summed E-state index contributed by atoms with van der Waals surface area (Å²) in [5.41, 5.74) is -2.03. The SMILES string of the molecule is CC(C)C(CC(C)P(=O)(O)O)P(=O)(O)O. The molecule has 15 heavy (non-hydrogen) atoms. The Kier molecular flexibility index (Phi) is 5.19. The van der Waals surface area contributed by atoms with Gasteiger partial charge in [0.15, 0.2) is 0 Å². The van der Waals surface area contributed by atoms with Crippen LogP contribution in [-0.4, -0.2) is 30.9 Å². The van der Waals surface area contributed by atoms with Crippen molar-refractivity contribution < 1.29 is 28.7 Å². The molecule has 92 valence electrons. The van der Waals surface area contributed by atoms with E-state index in [1.54, 1.807) is 13.8 Å². The van der Waals surface area contributed by atoms with Gasteiger partial charge in [-0.25, -0.2) is 0 Å². The summed E-state index contributed by atoms with van der Waals surface area (Å²) >= 11 is 0. The van der Waals surface area contributed by atoms with Crippen LogP contribution in [0, 0.1) is 5.92 Å². The standard InChI is InChI=1S/C7H18O6P2/c1-5(2)7(15(11,12)13)4-6(3)14(8,9)10/h5-7H,4H2,1-3H3,(H2,8,9,10)(H2,11,12,13). The van der Waals surface area contributed by atoms with E-state index in [0.717, 1.165) is 0 Å². The van der Waals surface area contributed by atoms with E-state index in [9.17, 15) is 9.13 Å². The maximum Gasteiger partial charge on any atom is 0.328 e. The summed E-state index contributed by atoms with van der Waals surface area (Å²) in [5.74, 6) is -0.320. The quantitative estimate of drug-likeness (QED) is 0.551. The van der Waals surface area contributed by atoms with Gasteiger partial charge in [-0.05, 0) is 12.3 Å². The molecule has 0 aliphatic rings. The van der Waals surface area contributed by atoms with E-state index < -0.39 is 26.5 Å². The predicted octanol–water partition coefficient (Wildman–Crippen LogP) is 1.14. The second-order valence-electron chi connectivity index (χ2n) is 4.07. The first-order valence-electron chi connectivity index (χ1n) is 4.56. The summed E-state index contributed by atoms with van der Waals surface area (Å²) < 4.78 is 21.9. The first-order chi connectivity index (χ1) is 6.46. The molecule has 0 aromatic carbocycles. The molecular weight excluding hydrogens is 242 g/mol. The van der Waals surface area contributed by atoms with Crippen LogP contribution in [-0.2, 0) is 9.13 Å². The maximum atomic E-state index is 11.1. The van der Waals surface area contributed by atoms with Crippen molar-refractivity contribution in [1.82, 2.24) is 0 Å². The number of hydrogen-bond donors (Lipinski definition) is 4. The molecule has 8 heteroatoms. The van der Waals surface area contributed by atoms with Crippen molar-refractivity contribution in [2.45, 2.75) is 38.5 Å². The van der Waals surface area contributed by atoms with Crippen LogP contribution in [0.2, 0.25) is 0 Å². The highest BCUT2D eigenvalue weighted by molar-refractivity contribution is 7.53. The molecule has 0 radical (unpaired) electrons. The summed E-state index contributed by atoms with van der Waals surface area (Å²) in [6, 6.07) is 0. The van der Waals surface area contributed by atoms with Crippen molar-refractivity contribution in [2.75, 3.05) is 0 Å². The monoisotopic (exact) mass is 260 g/mol. The summed E-state index contributed by atoms with van der Waals surface area (Å²) in [6.07, 6.45) is -0.174. The van der Waals surface area contributed by atoms with Crippen molar-refractivity contribution in [3.05, 3.63) is 0 Å². The van der Waals surface area contributed by atoms with Gasteiger partial charge in [0, 0.05) is 0 Å². The topological polar surface area (TPSA) is 115 Å². The van der Waals surface area contributed by atoms with Crippen LogP contribution in [0.4, 0.5) is 0 Å². The molecule has 0 spiro atoms. The lowest BCUT2D eigenvalue weighted by Crippen LogP contribution is -2.21.